The monoisotopic (exact) mass is 368 g/mol. The Morgan fingerprint density at radius 3 is 2.73 bits per heavy atom. The van der Waals surface area contributed by atoms with Gasteiger partial charge >= 0.3 is 5.97 Å². The second-order valence-corrected chi connectivity index (χ2v) is 6.96. The van der Waals surface area contributed by atoms with Crippen LogP contribution in [0.4, 0.5) is 0 Å². The van der Waals surface area contributed by atoms with Crippen LogP contribution < -0.4 is 0 Å². The number of hydrogen-bond donors (Lipinski definition) is 2. The molecular formula is C21H36O5. The molecule has 4 atom stereocenters. The van der Waals surface area contributed by atoms with E-state index in [1.54, 1.807) is 0 Å². The first kappa shape index (κ1) is 22.9. The van der Waals surface area contributed by atoms with E-state index in [0.29, 0.717) is 32.1 Å². The van der Waals surface area contributed by atoms with Crippen molar-refractivity contribution >= 4 is 5.97 Å². The summed E-state index contributed by atoms with van der Waals surface area (Å²) in [6, 6.07) is 0. The number of allylic oxidation sites excluding steroid dienone is 3. The molecule has 2 N–H and O–H groups in total. The fraction of sp³-hybridized carbons (Fsp3) is 0.762. The average molecular weight is 369 g/mol. The van der Waals surface area contributed by atoms with Crippen molar-refractivity contribution in [3.8, 4) is 0 Å². The Balaban J connectivity index is 2.19. The number of carbonyl (C=O) groups excluding carboxylic acids is 1. The Morgan fingerprint density at radius 2 is 2.00 bits per heavy atom. The summed E-state index contributed by atoms with van der Waals surface area (Å²) in [5.74, 6) is -0.251. The van der Waals surface area contributed by atoms with Gasteiger partial charge in [-0.25, -0.2) is 0 Å². The Labute approximate surface area is 158 Å². The third-order valence-electron chi connectivity index (χ3n) is 4.74. The van der Waals surface area contributed by atoms with Crippen LogP contribution in [0.15, 0.2) is 24.3 Å². The molecule has 2 unspecified atom stereocenters. The molecule has 1 fully saturated rings. The number of aliphatic hydroxyl groups is 2. The highest BCUT2D eigenvalue weighted by Crippen LogP contribution is 2.27. The summed E-state index contributed by atoms with van der Waals surface area (Å²) < 4.78 is 10.4. The first-order chi connectivity index (χ1) is 12.6. The molecule has 0 aliphatic carbocycles. The molecule has 0 spiro atoms. The fourth-order valence-electron chi connectivity index (χ4n) is 3.11. The average Bonchev–Trinajstić information content (AvgIpc) is 3.01. The number of rotatable bonds is 13. The molecular weight excluding hydrogens is 332 g/mol. The second kappa shape index (κ2) is 14.0. The van der Waals surface area contributed by atoms with E-state index in [9.17, 15) is 15.0 Å². The molecule has 0 aromatic carbocycles. The Kier molecular flexibility index (Phi) is 12.3. The van der Waals surface area contributed by atoms with E-state index in [1.165, 1.54) is 26.4 Å². The molecule has 0 radical (unpaired) electrons. The lowest BCUT2D eigenvalue weighted by Crippen LogP contribution is -2.25. The Morgan fingerprint density at radius 1 is 1.23 bits per heavy atom. The van der Waals surface area contributed by atoms with Gasteiger partial charge in [0.25, 0.3) is 0 Å². The molecule has 1 aliphatic heterocycles. The smallest absolute Gasteiger partial charge is 0.305 e. The van der Waals surface area contributed by atoms with E-state index in [2.05, 4.69) is 29.9 Å². The Hall–Kier alpha value is -1.17. The zero-order valence-electron chi connectivity index (χ0n) is 16.3. The van der Waals surface area contributed by atoms with Crippen LogP contribution in [0.1, 0.15) is 71.1 Å². The van der Waals surface area contributed by atoms with Gasteiger partial charge in [-0.15, -0.1) is 0 Å². The number of carbonyl (C=O) groups is 1. The summed E-state index contributed by atoms with van der Waals surface area (Å²) in [5, 5.41) is 20.3. The van der Waals surface area contributed by atoms with Crippen LogP contribution >= 0.6 is 0 Å². The molecule has 150 valence electrons. The van der Waals surface area contributed by atoms with E-state index in [4.69, 9.17) is 4.74 Å². The third-order valence-corrected chi connectivity index (χ3v) is 4.74. The predicted molar refractivity (Wildman–Crippen MR) is 103 cm³/mol. The molecule has 5 heteroatoms. The van der Waals surface area contributed by atoms with Crippen LogP contribution in [0, 0.1) is 0 Å². The lowest BCUT2D eigenvalue weighted by molar-refractivity contribution is -0.140. The van der Waals surface area contributed by atoms with Gasteiger partial charge in [-0.3, -0.25) is 4.79 Å². The van der Waals surface area contributed by atoms with Crippen LogP contribution in [0.25, 0.3) is 0 Å². The van der Waals surface area contributed by atoms with Gasteiger partial charge in [0.1, 0.15) is 0 Å². The van der Waals surface area contributed by atoms with E-state index in [-0.39, 0.29) is 18.2 Å². The van der Waals surface area contributed by atoms with Gasteiger partial charge in [0.2, 0.25) is 0 Å². The third kappa shape index (κ3) is 9.51. The highest BCUT2D eigenvalue weighted by Gasteiger charge is 2.36. The highest BCUT2D eigenvalue weighted by atomic mass is 16.5. The Bertz CT molecular complexity index is 432. The molecule has 1 aliphatic rings. The molecule has 1 saturated heterocycles. The van der Waals surface area contributed by atoms with Crippen molar-refractivity contribution < 1.29 is 24.5 Å². The van der Waals surface area contributed by atoms with Crippen molar-refractivity contribution in [1.29, 1.82) is 0 Å². The van der Waals surface area contributed by atoms with E-state index < -0.39 is 12.2 Å². The molecule has 0 amide bonds. The number of unbranched alkanes of at least 4 members (excludes halogenated alkanes) is 3. The first-order valence-electron chi connectivity index (χ1n) is 9.96. The molecule has 1 rings (SSSR count). The summed E-state index contributed by atoms with van der Waals surface area (Å²) >= 11 is 0. The van der Waals surface area contributed by atoms with Crippen molar-refractivity contribution in [3.63, 3.8) is 0 Å². The fourth-order valence-corrected chi connectivity index (χ4v) is 3.11. The maximum Gasteiger partial charge on any atom is 0.305 e. The molecule has 0 aromatic rings. The van der Waals surface area contributed by atoms with Crippen molar-refractivity contribution in [1.82, 2.24) is 0 Å². The molecule has 1 heterocycles. The van der Waals surface area contributed by atoms with Gasteiger partial charge in [-0.05, 0) is 38.5 Å². The number of methoxy groups -OCH3 is 1. The maximum atomic E-state index is 11.1. The zero-order valence-corrected chi connectivity index (χ0v) is 16.3. The van der Waals surface area contributed by atoms with Crippen molar-refractivity contribution in [2.45, 2.75) is 95.5 Å². The summed E-state index contributed by atoms with van der Waals surface area (Å²) in [4.78, 5) is 11.1. The summed E-state index contributed by atoms with van der Waals surface area (Å²) in [5.41, 5.74) is 0. The van der Waals surface area contributed by atoms with Gasteiger partial charge in [0, 0.05) is 12.8 Å². The normalized spacial score (nSPS) is 24.5. The van der Waals surface area contributed by atoms with E-state index in [0.717, 1.165) is 12.8 Å². The van der Waals surface area contributed by atoms with Gasteiger partial charge in [-0.2, -0.15) is 0 Å². The zero-order chi connectivity index (χ0) is 19.2. The summed E-state index contributed by atoms with van der Waals surface area (Å²) in [6.45, 7) is 2.20. The standard InChI is InChI=1S/C21H36O5/c1-3-4-5-6-7-8-9-10-11-13-17(22)20-16-18(23)19(26-20)14-12-15-21(24)25-2/h7-8,10-11,17-20,22-23H,3-6,9,12-16H2,1-2H3/b8-7-,11-10-/t17?,18?,19-,20-/m0/s1. The van der Waals surface area contributed by atoms with Crippen LogP contribution in [-0.2, 0) is 14.3 Å². The van der Waals surface area contributed by atoms with E-state index in [1.807, 2.05) is 6.08 Å². The number of aliphatic hydroxyl groups excluding tert-OH is 2. The maximum absolute atomic E-state index is 11.1. The topological polar surface area (TPSA) is 76.0 Å². The van der Waals surface area contributed by atoms with Crippen molar-refractivity contribution in [3.05, 3.63) is 24.3 Å². The lowest BCUT2D eigenvalue weighted by atomic mass is 10.0. The van der Waals surface area contributed by atoms with Gasteiger partial charge in [0.05, 0.1) is 31.5 Å². The van der Waals surface area contributed by atoms with Gasteiger partial charge in [0.15, 0.2) is 0 Å². The number of hydrogen-bond acceptors (Lipinski definition) is 5. The second-order valence-electron chi connectivity index (χ2n) is 6.96. The highest BCUT2D eigenvalue weighted by molar-refractivity contribution is 5.68. The van der Waals surface area contributed by atoms with Crippen LogP contribution in [-0.4, -0.2) is 47.7 Å². The largest absolute Gasteiger partial charge is 0.469 e. The number of esters is 1. The van der Waals surface area contributed by atoms with Crippen LogP contribution in [0.3, 0.4) is 0 Å². The molecule has 0 bridgehead atoms. The molecule has 0 aromatic heterocycles. The molecule has 0 saturated carbocycles. The van der Waals surface area contributed by atoms with Gasteiger partial charge < -0.3 is 19.7 Å². The SMILES string of the molecule is CCCCC/C=C\C/C=C\CC(O)[C@@H]1CC(O)[C@H](CCCC(=O)OC)O1. The molecule has 5 nitrogen and oxygen atoms in total. The van der Waals surface area contributed by atoms with Crippen LogP contribution in [0.2, 0.25) is 0 Å². The minimum Gasteiger partial charge on any atom is -0.469 e. The van der Waals surface area contributed by atoms with Crippen molar-refractivity contribution in [2.24, 2.45) is 0 Å². The quantitative estimate of drug-likeness (QED) is 0.295. The first-order valence-corrected chi connectivity index (χ1v) is 9.96. The minimum atomic E-state index is -0.611. The minimum absolute atomic E-state index is 0.251. The van der Waals surface area contributed by atoms with Crippen LogP contribution in [0.5, 0.6) is 0 Å². The van der Waals surface area contributed by atoms with Crippen molar-refractivity contribution in [2.75, 3.05) is 7.11 Å². The lowest BCUT2D eigenvalue weighted by Gasteiger charge is -2.18. The number of ether oxygens (including phenoxy) is 2. The predicted octanol–water partition coefficient (Wildman–Crippen LogP) is 3.68. The van der Waals surface area contributed by atoms with E-state index >= 15 is 0 Å². The van der Waals surface area contributed by atoms with Gasteiger partial charge in [-0.1, -0.05) is 44.1 Å². The summed E-state index contributed by atoms with van der Waals surface area (Å²) in [7, 11) is 1.37. The summed E-state index contributed by atoms with van der Waals surface area (Å²) in [6.07, 6.45) is 14.8. The molecule has 26 heavy (non-hydrogen) atoms.